The molecule has 0 bridgehead atoms. The highest BCUT2D eigenvalue weighted by Crippen LogP contribution is 2.44. The van der Waals surface area contributed by atoms with Crippen LogP contribution in [0.4, 0.5) is 15.0 Å². The number of carbonyl (C=O) groups excluding carboxylic acids is 1. The topological polar surface area (TPSA) is 76.1 Å². The summed E-state index contributed by atoms with van der Waals surface area (Å²) in [5, 5.41) is 7.39. The van der Waals surface area contributed by atoms with Crippen LogP contribution in [0.15, 0.2) is 36.7 Å². The van der Waals surface area contributed by atoms with E-state index in [1.54, 1.807) is 24.5 Å². The lowest BCUT2D eigenvalue weighted by Crippen LogP contribution is -2.23. The fraction of sp³-hybridized carbons (Fsp3) is 0.318. The van der Waals surface area contributed by atoms with E-state index in [0.29, 0.717) is 28.6 Å². The van der Waals surface area contributed by atoms with Crippen molar-refractivity contribution >= 4 is 22.7 Å². The molecular formula is C22H21FN4O2. The molecule has 0 spiro atoms. The summed E-state index contributed by atoms with van der Waals surface area (Å²) in [6.45, 7) is 5.64. The van der Waals surface area contributed by atoms with Crippen molar-refractivity contribution in [3.05, 3.63) is 53.7 Å². The molecule has 3 heterocycles. The number of nitrogens with zero attached hydrogens (tertiary/aromatic N) is 2. The van der Waals surface area contributed by atoms with E-state index < -0.39 is 6.09 Å². The number of benzene rings is 1. The van der Waals surface area contributed by atoms with Gasteiger partial charge < -0.3 is 10.1 Å². The van der Waals surface area contributed by atoms with Crippen molar-refractivity contribution in [3.63, 3.8) is 0 Å². The Labute approximate surface area is 167 Å². The van der Waals surface area contributed by atoms with E-state index in [1.807, 2.05) is 19.9 Å². The van der Waals surface area contributed by atoms with Crippen LogP contribution < -0.4 is 10.6 Å². The molecule has 6 nitrogen and oxygen atoms in total. The zero-order chi connectivity index (χ0) is 20.1. The maximum Gasteiger partial charge on any atom is 0.413 e. The third kappa shape index (κ3) is 3.31. The zero-order valence-electron chi connectivity index (χ0n) is 16.2. The normalized spacial score (nSPS) is 22.4. The summed E-state index contributed by atoms with van der Waals surface area (Å²) in [6.07, 6.45) is 2.73. The fourth-order valence-corrected chi connectivity index (χ4v) is 4.21. The number of aryl methyl sites for hydroxylation is 2. The quantitative estimate of drug-likeness (QED) is 0.709. The van der Waals surface area contributed by atoms with Gasteiger partial charge in [0, 0.05) is 59.5 Å². The van der Waals surface area contributed by atoms with Gasteiger partial charge in [-0.1, -0.05) is 0 Å². The lowest BCUT2D eigenvalue weighted by atomic mass is 9.99. The molecule has 1 amide bonds. The van der Waals surface area contributed by atoms with Crippen molar-refractivity contribution in [2.45, 2.75) is 20.0 Å². The summed E-state index contributed by atoms with van der Waals surface area (Å²) >= 11 is 0. The van der Waals surface area contributed by atoms with Gasteiger partial charge in [-0.25, -0.2) is 14.2 Å². The summed E-state index contributed by atoms with van der Waals surface area (Å²) in [6, 6.07) is 6.87. The molecule has 1 saturated heterocycles. The first-order chi connectivity index (χ1) is 14.0. The number of amides is 1. The first kappa shape index (κ1) is 18.0. The van der Waals surface area contributed by atoms with E-state index in [0.717, 1.165) is 35.3 Å². The van der Waals surface area contributed by atoms with E-state index >= 15 is 0 Å². The summed E-state index contributed by atoms with van der Waals surface area (Å²) in [7, 11) is 0. The number of nitrogens with one attached hydrogen (secondary N) is 2. The molecule has 2 aromatic heterocycles. The van der Waals surface area contributed by atoms with Gasteiger partial charge in [0.1, 0.15) is 17.7 Å². The van der Waals surface area contributed by atoms with Gasteiger partial charge in [-0.2, -0.15) is 0 Å². The molecule has 3 aromatic rings. The predicted octanol–water partition coefficient (Wildman–Crippen LogP) is 3.82. The smallest absolute Gasteiger partial charge is 0.413 e. The van der Waals surface area contributed by atoms with Gasteiger partial charge in [0.2, 0.25) is 0 Å². The molecule has 1 unspecified atom stereocenters. The van der Waals surface area contributed by atoms with Gasteiger partial charge in [0.05, 0.1) is 0 Å². The first-order valence-electron chi connectivity index (χ1n) is 9.71. The average Bonchev–Trinajstić information content (AvgIpc) is 3.09. The molecule has 1 aliphatic carbocycles. The van der Waals surface area contributed by atoms with Crippen LogP contribution in [-0.2, 0) is 4.74 Å². The molecule has 29 heavy (non-hydrogen) atoms. The molecule has 7 heteroatoms. The number of fused-ring (bicyclic) bond motifs is 2. The van der Waals surface area contributed by atoms with Crippen LogP contribution in [0.2, 0.25) is 0 Å². The van der Waals surface area contributed by atoms with Crippen LogP contribution in [0.5, 0.6) is 0 Å². The molecule has 148 valence electrons. The number of carbonyl (C=O) groups is 1. The molecule has 2 aliphatic rings. The minimum atomic E-state index is -0.503. The number of hydrogen-bond acceptors (Lipinski definition) is 5. The highest BCUT2D eigenvalue weighted by atomic mass is 19.1. The predicted molar refractivity (Wildman–Crippen MR) is 108 cm³/mol. The molecule has 1 saturated carbocycles. The van der Waals surface area contributed by atoms with Crippen molar-refractivity contribution in [2.24, 2.45) is 11.8 Å². The number of anilines is 1. The maximum atomic E-state index is 14.7. The molecule has 5 rings (SSSR count). The molecule has 2 N–H and O–H groups in total. The lowest BCUT2D eigenvalue weighted by Gasteiger charge is -2.11. The number of hydrogen-bond donors (Lipinski definition) is 2. The number of rotatable bonds is 3. The highest BCUT2D eigenvalue weighted by Gasteiger charge is 2.56. The molecule has 2 fully saturated rings. The molecular weight excluding hydrogens is 371 g/mol. The maximum absolute atomic E-state index is 14.7. The summed E-state index contributed by atoms with van der Waals surface area (Å²) < 4.78 is 20.2. The van der Waals surface area contributed by atoms with E-state index in [1.165, 1.54) is 6.07 Å². The standard InChI is InChI=1S/C22H21FN4O2/c1-11-3-12(2)25-10-16(11)15-4-13-6-20(26-7-14(13)5-19(15)23)27-22(28)29-21-17-8-24-9-18(17)21/h3-7,10,17-18,21,24H,8-9H2,1-2H3,(H,26,27,28)/t17-,18+,21?. The largest absolute Gasteiger partial charge is 0.445 e. The van der Waals surface area contributed by atoms with Crippen LogP contribution in [0.3, 0.4) is 0 Å². The van der Waals surface area contributed by atoms with Crippen LogP contribution in [0.1, 0.15) is 11.3 Å². The average molecular weight is 392 g/mol. The van der Waals surface area contributed by atoms with Crippen molar-refractivity contribution in [2.75, 3.05) is 18.4 Å². The highest BCUT2D eigenvalue weighted by molar-refractivity contribution is 5.92. The Kier molecular flexibility index (Phi) is 4.20. The monoisotopic (exact) mass is 392 g/mol. The third-order valence-electron chi connectivity index (χ3n) is 5.83. The Morgan fingerprint density at radius 2 is 1.86 bits per heavy atom. The number of ether oxygens (including phenoxy) is 1. The number of aromatic nitrogens is 2. The van der Waals surface area contributed by atoms with Crippen molar-refractivity contribution in [1.82, 2.24) is 15.3 Å². The van der Waals surface area contributed by atoms with Crippen molar-refractivity contribution in [1.29, 1.82) is 0 Å². The van der Waals surface area contributed by atoms with Gasteiger partial charge in [-0.3, -0.25) is 10.3 Å². The second-order valence-corrected chi connectivity index (χ2v) is 7.87. The minimum absolute atomic E-state index is 0.00517. The van der Waals surface area contributed by atoms with Gasteiger partial charge in [-0.15, -0.1) is 0 Å². The molecule has 1 aliphatic heterocycles. The van der Waals surface area contributed by atoms with E-state index in [4.69, 9.17) is 4.74 Å². The molecule has 3 atom stereocenters. The van der Waals surface area contributed by atoms with Crippen LogP contribution in [0, 0.1) is 31.5 Å². The SMILES string of the molecule is Cc1cc(C)c(-c2cc3cc(NC(=O)OC4[C@H]5CNC[C@@H]45)ncc3cc2F)cn1. The Hall–Kier alpha value is -3.06. The fourth-order valence-electron chi connectivity index (χ4n) is 4.21. The second-order valence-electron chi connectivity index (χ2n) is 7.87. The summed E-state index contributed by atoms with van der Waals surface area (Å²) in [4.78, 5) is 20.7. The number of halogens is 1. The summed E-state index contributed by atoms with van der Waals surface area (Å²) in [5.41, 5.74) is 3.06. The van der Waals surface area contributed by atoms with E-state index in [9.17, 15) is 9.18 Å². The first-order valence-corrected chi connectivity index (χ1v) is 9.71. The van der Waals surface area contributed by atoms with Gasteiger partial charge in [-0.05, 0) is 49.1 Å². The van der Waals surface area contributed by atoms with Gasteiger partial charge >= 0.3 is 6.09 Å². The molecule has 0 radical (unpaired) electrons. The van der Waals surface area contributed by atoms with Crippen molar-refractivity contribution < 1.29 is 13.9 Å². The second kappa shape index (κ2) is 6.77. The van der Waals surface area contributed by atoms with Gasteiger partial charge in [0.25, 0.3) is 0 Å². The van der Waals surface area contributed by atoms with E-state index in [2.05, 4.69) is 20.6 Å². The third-order valence-corrected chi connectivity index (χ3v) is 5.83. The Morgan fingerprint density at radius 1 is 1.07 bits per heavy atom. The van der Waals surface area contributed by atoms with Crippen LogP contribution >= 0.6 is 0 Å². The Bertz CT molecular complexity index is 1120. The van der Waals surface area contributed by atoms with Crippen LogP contribution in [0.25, 0.3) is 21.9 Å². The minimum Gasteiger partial charge on any atom is -0.445 e. The number of piperidine rings is 1. The van der Waals surface area contributed by atoms with Crippen molar-refractivity contribution in [3.8, 4) is 11.1 Å². The zero-order valence-corrected chi connectivity index (χ0v) is 16.2. The van der Waals surface area contributed by atoms with Gasteiger partial charge in [0.15, 0.2) is 0 Å². The lowest BCUT2D eigenvalue weighted by molar-refractivity contribution is 0.140. The Morgan fingerprint density at radius 3 is 2.62 bits per heavy atom. The Balaban J connectivity index is 1.40. The van der Waals surface area contributed by atoms with E-state index in [-0.39, 0.29) is 11.9 Å². The number of pyridine rings is 2. The summed E-state index contributed by atoms with van der Waals surface area (Å²) in [5.74, 6) is 0.911. The molecule has 1 aromatic carbocycles. The van der Waals surface area contributed by atoms with Crippen LogP contribution in [-0.4, -0.2) is 35.3 Å².